The molecule has 4 rings (SSSR count). The van der Waals surface area contributed by atoms with E-state index in [4.69, 9.17) is 9.26 Å². The average molecular weight is 308 g/mol. The van der Waals surface area contributed by atoms with Crippen LogP contribution in [0.15, 0.2) is 59.3 Å². The predicted octanol–water partition coefficient (Wildman–Crippen LogP) is 3.00. The molecule has 2 aromatic rings. The molecule has 0 saturated heterocycles. The summed E-state index contributed by atoms with van der Waals surface area (Å²) in [6.45, 7) is 0. The molecule has 0 aliphatic heterocycles. The number of amides is 1. The molecule has 2 aliphatic carbocycles. The van der Waals surface area contributed by atoms with Crippen LogP contribution in [0, 0.1) is 10.4 Å². The molecule has 0 unspecified atom stereocenters. The van der Waals surface area contributed by atoms with Crippen LogP contribution in [0.25, 0.3) is 11.3 Å². The highest BCUT2D eigenvalue weighted by molar-refractivity contribution is 6.00. The van der Waals surface area contributed by atoms with E-state index in [-0.39, 0.29) is 5.91 Å². The monoisotopic (exact) mass is 308 g/mol. The van der Waals surface area contributed by atoms with Crippen molar-refractivity contribution >= 4 is 5.91 Å². The lowest BCUT2D eigenvalue weighted by molar-refractivity contribution is 0.0963. The Bertz CT molecular complexity index is 918. The van der Waals surface area contributed by atoms with Gasteiger partial charge in [0.15, 0.2) is 5.76 Å². The Balaban J connectivity index is 0.000000162. The molecule has 5 heteroatoms. The highest BCUT2D eigenvalue weighted by atomic mass is 16.5. The first kappa shape index (κ1) is 14.8. The quantitative estimate of drug-likeness (QED) is 0.632. The Kier molecular flexibility index (Phi) is 4.10. The molecule has 1 aromatic heterocycles. The van der Waals surface area contributed by atoms with Crippen molar-refractivity contribution in [1.29, 1.82) is 0 Å². The zero-order valence-electron chi connectivity index (χ0n) is 12.9. The van der Waals surface area contributed by atoms with Crippen LogP contribution in [-0.2, 0) is 0 Å². The number of hydrogen-bond acceptors (Lipinski definition) is 4. The van der Waals surface area contributed by atoms with Crippen LogP contribution in [0.5, 0.6) is 5.75 Å². The molecule has 23 heavy (non-hydrogen) atoms. The molecule has 1 N–H and O–H groups in total. The van der Waals surface area contributed by atoms with E-state index in [9.17, 15) is 4.79 Å². The lowest BCUT2D eigenvalue weighted by Gasteiger charge is -2.08. The number of aromatic nitrogens is 1. The molecular formula is C18H16N2O3. The highest BCUT2D eigenvalue weighted by Crippen LogP contribution is 2.23. The minimum atomic E-state index is -0.137. The molecule has 0 saturated carbocycles. The third-order valence-corrected chi connectivity index (χ3v) is 3.61. The van der Waals surface area contributed by atoms with E-state index in [0.717, 1.165) is 11.3 Å². The van der Waals surface area contributed by atoms with Gasteiger partial charge in [0.25, 0.3) is 5.91 Å². The van der Waals surface area contributed by atoms with E-state index in [1.54, 1.807) is 32.5 Å². The van der Waals surface area contributed by atoms with Gasteiger partial charge in [0.1, 0.15) is 5.75 Å². The van der Waals surface area contributed by atoms with E-state index in [2.05, 4.69) is 22.6 Å². The molecule has 0 bridgehead atoms. The van der Waals surface area contributed by atoms with Gasteiger partial charge in [-0.05, 0) is 17.4 Å². The number of carbonyl (C=O) groups excluding carboxylic acids is 1. The molecule has 5 nitrogen and oxygen atoms in total. The minimum absolute atomic E-state index is 0.137. The number of rotatable bonds is 3. The Morgan fingerprint density at radius 1 is 1.17 bits per heavy atom. The van der Waals surface area contributed by atoms with Gasteiger partial charge in [-0.3, -0.25) is 4.79 Å². The van der Waals surface area contributed by atoms with Crippen molar-refractivity contribution in [2.45, 2.75) is 0 Å². The van der Waals surface area contributed by atoms with Crippen molar-refractivity contribution in [2.75, 3.05) is 14.2 Å². The minimum Gasteiger partial charge on any atom is -0.496 e. The van der Waals surface area contributed by atoms with Gasteiger partial charge in [-0.25, -0.2) is 0 Å². The summed E-state index contributed by atoms with van der Waals surface area (Å²) in [5.41, 5.74) is 1.33. The first-order valence-corrected chi connectivity index (χ1v) is 7.15. The second-order valence-electron chi connectivity index (χ2n) is 4.92. The van der Waals surface area contributed by atoms with E-state index < -0.39 is 0 Å². The summed E-state index contributed by atoms with van der Waals surface area (Å²) in [6.07, 6.45) is 1.55. The molecule has 1 amide bonds. The Morgan fingerprint density at radius 2 is 2.00 bits per heavy atom. The first-order chi connectivity index (χ1) is 11.2. The molecule has 0 fully saturated rings. The van der Waals surface area contributed by atoms with Crippen molar-refractivity contribution in [3.63, 3.8) is 0 Å². The van der Waals surface area contributed by atoms with Crippen LogP contribution in [0.4, 0.5) is 0 Å². The summed E-state index contributed by atoms with van der Waals surface area (Å²) < 4.78 is 10.00. The van der Waals surface area contributed by atoms with Gasteiger partial charge < -0.3 is 14.6 Å². The third-order valence-electron chi connectivity index (χ3n) is 3.61. The summed E-state index contributed by atoms with van der Waals surface area (Å²) in [6, 6.07) is 15.1. The van der Waals surface area contributed by atoms with Crippen molar-refractivity contribution in [3.05, 3.63) is 70.7 Å². The average Bonchev–Trinajstić information content (AvgIpc) is 3.11. The highest BCUT2D eigenvalue weighted by Gasteiger charge is 2.12. The molecule has 0 atom stereocenters. The number of benzene rings is 2. The summed E-state index contributed by atoms with van der Waals surface area (Å²) in [5.74, 6) is 1.48. The SMILES string of the molecule is CNC(=O)c1ccccc1-c1ccno1.COc1cc2ccc1=2. The van der Waals surface area contributed by atoms with Gasteiger partial charge in [-0.2, -0.15) is 0 Å². The van der Waals surface area contributed by atoms with Crippen LogP contribution in [0.1, 0.15) is 10.4 Å². The van der Waals surface area contributed by atoms with Crippen molar-refractivity contribution < 1.29 is 14.1 Å². The van der Waals surface area contributed by atoms with E-state index in [1.165, 1.54) is 10.4 Å². The zero-order chi connectivity index (χ0) is 16.2. The maximum absolute atomic E-state index is 11.6. The predicted molar refractivity (Wildman–Crippen MR) is 86.0 cm³/mol. The number of carbonyl (C=O) groups is 1. The molecule has 2 aliphatic rings. The van der Waals surface area contributed by atoms with E-state index in [1.807, 2.05) is 24.3 Å². The molecule has 116 valence electrons. The number of methoxy groups -OCH3 is 1. The molecular weight excluding hydrogens is 292 g/mol. The van der Waals surface area contributed by atoms with Crippen molar-refractivity contribution in [1.82, 2.24) is 10.5 Å². The van der Waals surface area contributed by atoms with Crippen LogP contribution < -0.4 is 10.1 Å². The van der Waals surface area contributed by atoms with E-state index in [0.29, 0.717) is 11.3 Å². The largest absolute Gasteiger partial charge is 0.496 e. The lowest BCUT2D eigenvalue weighted by Crippen LogP contribution is -2.18. The lowest BCUT2D eigenvalue weighted by atomic mass is 10.0. The second-order valence-corrected chi connectivity index (χ2v) is 4.92. The second kappa shape index (κ2) is 6.36. The van der Waals surface area contributed by atoms with Gasteiger partial charge >= 0.3 is 0 Å². The third kappa shape index (κ3) is 2.81. The zero-order valence-corrected chi connectivity index (χ0v) is 12.9. The fourth-order valence-corrected chi connectivity index (χ4v) is 2.31. The number of hydrogen-bond donors (Lipinski definition) is 1. The van der Waals surface area contributed by atoms with Crippen LogP contribution in [-0.4, -0.2) is 25.2 Å². The summed E-state index contributed by atoms with van der Waals surface area (Å²) in [4.78, 5) is 11.6. The number of ether oxygens (including phenoxy) is 1. The normalized spacial score (nSPS) is 10.3. The summed E-state index contributed by atoms with van der Waals surface area (Å²) in [7, 11) is 3.29. The van der Waals surface area contributed by atoms with Gasteiger partial charge in [0.05, 0.1) is 18.9 Å². The van der Waals surface area contributed by atoms with Crippen LogP contribution in [0.3, 0.4) is 0 Å². The fourth-order valence-electron chi connectivity index (χ4n) is 2.31. The molecule has 0 spiro atoms. The summed E-state index contributed by atoms with van der Waals surface area (Å²) >= 11 is 0. The Labute approximate surface area is 133 Å². The van der Waals surface area contributed by atoms with Gasteiger partial charge in [0.2, 0.25) is 0 Å². The van der Waals surface area contributed by atoms with Crippen LogP contribution >= 0.6 is 0 Å². The molecule has 0 radical (unpaired) electrons. The van der Waals surface area contributed by atoms with Crippen molar-refractivity contribution in [2.24, 2.45) is 0 Å². The summed E-state index contributed by atoms with van der Waals surface area (Å²) in [5, 5.41) is 8.82. The Morgan fingerprint density at radius 3 is 2.48 bits per heavy atom. The fraction of sp³-hybridized carbons (Fsp3) is 0.111. The topological polar surface area (TPSA) is 64.4 Å². The van der Waals surface area contributed by atoms with Gasteiger partial charge in [-0.1, -0.05) is 35.5 Å². The Hall–Kier alpha value is -3.08. The van der Waals surface area contributed by atoms with E-state index >= 15 is 0 Å². The maximum Gasteiger partial charge on any atom is 0.251 e. The molecule has 1 aromatic carbocycles. The number of nitrogens with zero attached hydrogens (tertiary/aromatic N) is 1. The molecule has 1 heterocycles. The first-order valence-electron chi connectivity index (χ1n) is 7.15. The number of nitrogens with one attached hydrogen (secondary N) is 1. The van der Waals surface area contributed by atoms with Gasteiger partial charge in [0, 0.05) is 23.9 Å². The van der Waals surface area contributed by atoms with Crippen LogP contribution in [0.2, 0.25) is 0 Å². The standard InChI is InChI=1S/C11H10N2O2.C7H6O/c1-12-11(14)9-5-3-2-4-8(9)10-6-7-13-15-10;1-8-7-4-5-2-3-6(5)7/h2-7H,1H3,(H,12,14);2-4H,1H3. The maximum atomic E-state index is 11.6. The van der Waals surface area contributed by atoms with Gasteiger partial charge in [-0.15, -0.1) is 0 Å². The smallest absolute Gasteiger partial charge is 0.251 e. The van der Waals surface area contributed by atoms with Crippen molar-refractivity contribution in [3.8, 4) is 17.1 Å².